The lowest BCUT2D eigenvalue weighted by Gasteiger charge is -2.08. The van der Waals surface area contributed by atoms with Gasteiger partial charge in [-0.15, -0.1) is 0 Å². The number of aromatic nitrogens is 1. The Morgan fingerprint density at radius 1 is 1.05 bits per heavy atom. The zero-order chi connectivity index (χ0) is 13.9. The van der Waals surface area contributed by atoms with Crippen LogP contribution in [0.15, 0.2) is 54.7 Å². The van der Waals surface area contributed by atoms with Crippen LogP contribution in [-0.2, 0) is 6.42 Å². The molecule has 96 valence electrons. The second kappa shape index (κ2) is 5.32. The van der Waals surface area contributed by atoms with Gasteiger partial charge < -0.3 is 0 Å². The Morgan fingerprint density at radius 3 is 2.60 bits per heavy atom. The van der Waals surface area contributed by atoms with Crippen LogP contribution in [0.1, 0.15) is 16.7 Å². The van der Waals surface area contributed by atoms with Crippen molar-refractivity contribution in [1.82, 2.24) is 4.98 Å². The minimum atomic E-state index is 0.413. The van der Waals surface area contributed by atoms with Crippen LogP contribution in [0.3, 0.4) is 0 Å². The number of pyridine rings is 1. The number of para-hydroxylation sites is 1. The first-order chi connectivity index (χ1) is 9.79. The smallest absolute Gasteiger partial charge is 0.102 e. The molecule has 2 nitrogen and oxygen atoms in total. The molecule has 0 unspecified atom stereocenters. The van der Waals surface area contributed by atoms with E-state index in [2.05, 4.69) is 23.2 Å². The summed E-state index contributed by atoms with van der Waals surface area (Å²) in [6.45, 7) is 0. The molecule has 3 heteroatoms. The zero-order valence-electron chi connectivity index (χ0n) is 10.7. The van der Waals surface area contributed by atoms with Gasteiger partial charge in [0, 0.05) is 11.6 Å². The summed E-state index contributed by atoms with van der Waals surface area (Å²) < 4.78 is 0. The zero-order valence-corrected chi connectivity index (χ0v) is 11.4. The summed E-state index contributed by atoms with van der Waals surface area (Å²) in [7, 11) is 0. The number of hydrogen-bond donors (Lipinski definition) is 0. The first-order valence-corrected chi connectivity index (χ1v) is 6.67. The number of halogens is 1. The highest BCUT2D eigenvalue weighted by molar-refractivity contribution is 6.36. The monoisotopic (exact) mass is 278 g/mol. The van der Waals surface area contributed by atoms with Gasteiger partial charge in [-0.05, 0) is 17.5 Å². The molecule has 0 aliphatic rings. The van der Waals surface area contributed by atoms with E-state index in [0.29, 0.717) is 10.6 Å². The molecule has 0 saturated heterocycles. The number of benzene rings is 2. The number of fused-ring (bicyclic) bond motifs is 1. The maximum atomic E-state index is 9.01. The molecule has 0 saturated carbocycles. The van der Waals surface area contributed by atoms with Crippen LogP contribution in [0, 0.1) is 11.3 Å². The third-order valence-electron chi connectivity index (χ3n) is 3.27. The van der Waals surface area contributed by atoms with Gasteiger partial charge in [-0.25, -0.2) is 0 Å². The molecule has 0 N–H and O–H groups in total. The van der Waals surface area contributed by atoms with Crippen LogP contribution in [0.2, 0.25) is 5.02 Å². The van der Waals surface area contributed by atoms with Gasteiger partial charge in [0.25, 0.3) is 0 Å². The average Bonchev–Trinajstić information content (AvgIpc) is 2.49. The first-order valence-electron chi connectivity index (χ1n) is 6.29. The molecule has 0 aliphatic heterocycles. The molecule has 0 bridgehead atoms. The van der Waals surface area contributed by atoms with E-state index in [0.717, 1.165) is 22.9 Å². The lowest BCUT2D eigenvalue weighted by Crippen LogP contribution is -1.93. The summed E-state index contributed by atoms with van der Waals surface area (Å²) in [6, 6.07) is 18.2. The summed E-state index contributed by atoms with van der Waals surface area (Å²) in [4.78, 5) is 4.40. The second-order valence-corrected chi connectivity index (χ2v) is 4.95. The second-order valence-electron chi connectivity index (χ2n) is 4.57. The molecule has 0 amide bonds. The van der Waals surface area contributed by atoms with Crippen LogP contribution in [0.25, 0.3) is 10.9 Å². The number of nitrogens with zero attached hydrogens (tertiary/aromatic N) is 2. The Balaban J connectivity index is 2.14. The van der Waals surface area contributed by atoms with Gasteiger partial charge in [0.1, 0.15) is 6.07 Å². The summed E-state index contributed by atoms with van der Waals surface area (Å²) in [5.41, 5.74) is 3.61. The Kier molecular flexibility index (Phi) is 3.37. The van der Waals surface area contributed by atoms with Crippen molar-refractivity contribution in [3.8, 4) is 6.07 Å². The van der Waals surface area contributed by atoms with Crippen LogP contribution < -0.4 is 0 Å². The van der Waals surface area contributed by atoms with E-state index >= 15 is 0 Å². The van der Waals surface area contributed by atoms with E-state index in [4.69, 9.17) is 16.9 Å². The van der Waals surface area contributed by atoms with Crippen LogP contribution in [-0.4, -0.2) is 4.98 Å². The summed E-state index contributed by atoms with van der Waals surface area (Å²) in [5, 5.41) is 10.3. The van der Waals surface area contributed by atoms with Crippen LogP contribution in [0.4, 0.5) is 0 Å². The molecular weight excluding hydrogens is 268 g/mol. The Bertz CT molecular complexity index is 804. The predicted octanol–water partition coefficient (Wildman–Crippen LogP) is 4.35. The molecule has 1 aromatic heterocycles. The van der Waals surface area contributed by atoms with Gasteiger partial charge in [0.05, 0.1) is 16.1 Å². The quantitative estimate of drug-likeness (QED) is 0.699. The van der Waals surface area contributed by atoms with Gasteiger partial charge >= 0.3 is 0 Å². The highest BCUT2D eigenvalue weighted by Gasteiger charge is 2.09. The number of rotatable bonds is 2. The van der Waals surface area contributed by atoms with Crippen molar-refractivity contribution in [2.75, 3.05) is 0 Å². The van der Waals surface area contributed by atoms with Gasteiger partial charge in [-0.2, -0.15) is 5.26 Å². The Hall–Kier alpha value is -2.37. The van der Waals surface area contributed by atoms with Crippen molar-refractivity contribution in [2.24, 2.45) is 0 Å². The molecule has 3 rings (SSSR count). The van der Waals surface area contributed by atoms with Gasteiger partial charge in [0.15, 0.2) is 0 Å². The fourth-order valence-corrected chi connectivity index (χ4v) is 2.53. The normalized spacial score (nSPS) is 10.4. The van der Waals surface area contributed by atoms with Crippen molar-refractivity contribution >= 4 is 22.5 Å². The lowest BCUT2D eigenvalue weighted by molar-refractivity contribution is 1.19. The first kappa shape index (κ1) is 12.7. The fraction of sp³-hybridized carbons (Fsp3) is 0.0588. The van der Waals surface area contributed by atoms with Crippen molar-refractivity contribution in [3.63, 3.8) is 0 Å². The van der Waals surface area contributed by atoms with E-state index in [1.165, 1.54) is 5.56 Å². The van der Waals surface area contributed by atoms with Gasteiger partial charge in [0.2, 0.25) is 0 Å². The summed E-state index contributed by atoms with van der Waals surface area (Å²) in [5.74, 6) is 0. The maximum Gasteiger partial charge on any atom is 0.102 e. The topological polar surface area (TPSA) is 36.7 Å². The maximum absolute atomic E-state index is 9.01. The SMILES string of the molecule is N#Cc1cnc2c(Cc3ccccc3)cccc2c1Cl. The predicted molar refractivity (Wildman–Crippen MR) is 80.7 cm³/mol. The molecule has 0 radical (unpaired) electrons. The van der Waals surface area contributed by atoms with Crippen LogP contribution >= 0.6 is 11.6 Å². The summed E-state index contributed by atoms with van der Waals surface area (Å²) in [6.07, 6.45) is 2.34. The highest BCUT2D eigenvalue weighted by atomic mass is 35.5. The summed E-state index contributed by atoms with van der Waals surface area (Å²) >= 11 is 6.25. The van der Waals surface area contributed by atoms with E-state index in [-0.39, 0.29) is 0 Å². The molecule has 0 spiro atoms. The number of nitriles is 1. The standard InChI is InChI=1S/C17H11ClN2/c18-16-14(10-19)11-20-17-13(7-4-8-15(16)17)9-12-5-2-1-3-6-12/h1-8,11H,9H2. The third-order valence-corrected chi connectivity index (χ3v) is 3.68. The van der Waals surface area contributed by atoms with Gasteiger partial charge in [-0.3, -0.25) is 4.98 Å². The molecule has 1 heterocycles. The molecule has 3 aromatic rings. The Labute approximate surface area is 122 Å². The van der Waals surface area contributed by atoms with Crippen molar-refractivity contribution in [1.29, 1.82) is 5.26 Å². The minimum absolute atomic E-state index is 0.413. The van der Waals surface area contributed by atoms with Gasteiger partial charge in [-0.1, -0.05) is 60.1 Å². The van der Waals surface area contributed by atoms with E-state index < -0.39 is 0 Å². The Morgan fingerprint density at radius 2 is 1.85 bits per heavy atom. The highest BCUT2D eigenvalue weighted by Crippen LogP contribution is 2.28. The van der Waals surface area contributed by atoms with Crippen molar-refractivity contribution in [2.45, 2.75) is 6.42 Å². The molecule has 0 atom stereocenters. The van der Waals surface area contributed by atoms with E-state index in [1.807, 2.05) is 36.4 Å². The molecule has 0 aliphatic carbocycles. The van der Waals surface area contributed by atoms with Crippen molar-refractivity contribution < 1.29 is 0 Å². The largest absolute Gasteiger partial charge is 0.254 e. The van der Waals surface area contributed by atoms with E-state index in [1.54, 1.807) is 6.20 Å². The molecule has 0 fully saturated rings. The molecular formula is C17H11ClN2. The number of hydrogen-bond acceptors (Lipinski definition) is 2. The minimum Gasteiger partial charge on any atom is -0.254 e. The van der Waals surface area contributed by atoms with Crippen molar-refractivity contribution in [3.05, 3.63) is 76.4 Å². The average molecular weight is 279 g/mol. The molecule has 20 heavy (non-hydrogen) atoms. The van der Waals surface area contributed by atoms with Crippen LogP contribution in [0.5, 0.6) is 0 Å². The lowest BCUT2D eigenvalue weighted by atomic mass is 10.0. The molecule has 2 aromatic carbocycles. The third kappa shape index (κ3) is 2.24. The fourth-order valence-electron chi connectivity index (χ4n) is 2.29. The van der Waals surface area contributed by atoms with E-state index in [9.17, 15) is 0 Å².